The lowest BCUT2D eigenvalue weighted by Crippen LogP contribution is -2.56. The van der Waals surface area contributed by atoms with Crippen LogP contribution in [-0.4, -0.2) is 40.1 Å². The van der Waals surface area contributed by atoms with E-state index >= 15 is 0 Å². The molecule has 0 spiro atoms. The average Bonchev–Trinajstić information content (AvgIpc) is 2.71. The summed E-state index contributed by atoms with van der Waals surface area (Å²) in [6.07, 6.45) is -0.222. The minimum atomic E-state index is -1.09. The maximum Gasteiger partial charge on any atom is 0.408 e. The summed E-state index contributed by atoms with van der Waals surface area (Å²) in [7, 11) is 0. The number of nitrogens with two attached hydrogens (primary N) is 1. The average molecular weight is 354 g/mol. The zero-order valence-electron chi connectivity index (χ0n) is 14.6. The van der Waals surface area contributed by atoms with E-state index in [4.69, 9.17) is 5.84 Å². The molecule has 8 heteroatoms. The number of nitrogens with one attached hydrogen (secondary N) is 1. The van der Waals surface area contributed by atoms with Crippen molar-refractivity contribution in [2.45, 2.75) is 51.1 Å². The molecule has 1 aliphatic rings. The zero-order valence-corrected chi connectivity index (χ0v) is 14.6. The molecule has 1 aromatic rings. The van der Waals surface area contributed by atoms with Crippen LogP contribution in [-0.2, 0) is 0 Å². The maximum atomic E-state index is 14.1. The number of nitrogens with zero attached hydrogens (tertiary/aromatic N) is 2. The molecule has 2 rings (SSSR count). The first kappa shape index (κ1) is 19.0. The number of hydrogen-bond donors (Lipinski definition) is 3. The molecular formula is C17H24F2N4O2. The first-order valence-corrected chi connectivity index (χ1v) is 8.14. The fourth-order valence-corrected chi connectivity index (χ4v) is 3.32. The van der Waals surface area contributed by atoms with E-state index in [0.29, 0.717) is 25.2 Å². The normalized spacial score (nSPS) is 23.0. The largest absolute Gasteiger partial charge is 0.465 e. The molecule has 1 saturated heterocycles. The van der Waals surface area contributed by atoms with Gasteiger partial charge in [0.2, 0.25) is 0 Å². The molecular weight excluding hydrogens is 330 g/mol. The van der Waals surface area contributed by atoms with Gasteiger partial charge in [-0.1, -0.05) is 12.1 Å². The molecule has 138 valence electrons. The number of rotatable bonds is 2. The van der Waals surface area contributed by atoms with Crippen LogP contribution >= 0.6 is 0 Å². The van der Waals surface area contributed by atoms with Crippen molar-refractivity contribution in [2.75, 3.05) is 6.54 Å². The third kappa shape index (κ3) is 4.00. The van der Waals surface area contributed by atoms with Gasteiger partial charge in [0.15, 0.2) is 11.6 Å². The van der Waals surface area contributed by atoms with E-state index in [1.807, 2.05) is 0 Å². The minimum absolute atomic E-state index is 0.266. The van der Waals surface area contributed by atoms with Crippen molar-refractivity contribution in [3.8, 4) is 0 Å². The highest BCUT2D eigenvalue weighted by Gasteiger charge is 2.38. The molecule has 25 heavy (non-hydrogen) atoms. The molecule has 0 saturated carbocycles. The summed E-state index contributed by atoms with van der Waals surface area (Å²) in [5, 5.41) is 16.3. The van der Waals surface area contributed by atoms with Gasteiger partial charge in [-0.05, 0) is 45.2 Å². The number of halogens is 2. The highest BCUT2D eigenvalue weighted by molar-refractivity contribution is 5.90. The zero-order chi connectivity index (χ0) is 18.8. The molecule has 0 unspecified atom stereocenters. The fraction of sp³-hybridized carbons (Fsp3) is 0.529. The summed E-state index contributed by atoms with van der Waals surface area (Å²) >= 11 is 0. The molecule has 4 N–H and O–H groups in total. The number of carboxylic acid groups (broad SMARTS) is 1. The Balaban J connectivity index is 2.32. The van der Waals surface area contributed by atoms with E-state index in [0.717, 1.165) is 6.07 Å². The van der Waals surface area contributed by atoms with Crippen LogP contribution in [0.1, 0.15) is 45.1 Å². The Labute approximate surface area is 145 Å². The van der Waals surface area contributed by atoms with Crippen LogP contribution in [0.2, 0.25) is 0 Å². The standard InChI is InChI=1S/C17H24F2N4O2/c1-17(2,3)23(16(24)25)13-8-7-10(9-21-15(13)22-20)11-5-4-6-12(18)14(11)19/h4-6,10,13H,7-9,20H2,1-3H3,(H,21,22)(H,24,25)/t10-,13-/m1/s1. The van der Waals surface area contributed by atoms with Crippen molar-refractivity contribution in [3.05, 3.63) is 35.4 Å². The van der Waals surface area contributed by atoms with Crippen LogP contribution in [0.4, 0.5) is 13.6 Å². The van der Waals surface area contributed by atoms with Gasteiger partial charge in [0, 0.05) is 18.0 Å². The Bertz CT molecular complexity index is 673. The molecule has 0 aliphatic carbocycles. The Morgan fingerprint density at radius 3 is 2.60 bits per heavy atom. The highest BCUT2D eigenvalue weighted by Crippen LogP contribution is 2.30. The molecule has 6 nitrogen and oxygen atoms in total. The molecule has 1 aromatic carbocycles. The Hall–Kier alpha value is -2.38. The molecule has 0 aromatic heterocycles. The van der Waals surface area contributed by atoms with Crippen molar-refractivity contribution >= 4 is 11.9 Å². The van der Waals surface area contributed by atoms with Gasteiger partial charge in [0.1, 0.15) is 5.84 Å². The first-order chi connectivity index (χ1) is 11.7. The van der Waals surface area contributed by atoms with Gasteiger partial charge in [-0.15, -0.1) is 0 Å². The lowest BCUT2D eigenvalue weighted by Gasteiger charge is -2.39. The monoisotopic (exact) mass is 354 g/mol. The second-order valence-corrected chi connectivity index (χ2v) is 7.15. The van der Waals surface area contributed by atoms with Gasteiger partial charge >= 0.3 is 6.09 Å². The topological polar surface area (TPSA) is 91.0 Å². The fourth-order valence-electron chi connectivity index (χ4n) is 3.32. The van der Waals surface area contributed by atoms with Crippen molar-refractivity contribution in [3.63, 3.8) is 0 Å². The van der Waals surface area contributed by atoms with Gasteiger partial charge in [0.05, 0.1) is 6.04 Å². The summed E-state index contributed by atoms with van der Waals surface area (Å²) in [6, 6.07) is 3.50. The lowest BCUT2D eigenvalue weighted by atomic mass is 9.92. The predicted octanol–water partition coefficient (Wildman–Crippen LogP) is 2.85. The minimum Gasteiger partial charge on any atom is -0.465 e. The number of amidine groups is 1. The molecule has 1 amide bonds. The van der Waals surface area contributed by atoms with E-state index in [1.165, 1.54) is 11.0 Å². The number of carbonyl (C=O) groups is 1. The van der Waals surface area contributed by atoms with Gasteiger partial charge in [-0.3, -0.25) is 4.90 Å². The number of amides is 1. The molecule has 0 radical (unpaired) electrons. The summed E-state index contributed by atoms with van der Waals surface area (Å²) in [5.41, 5.74) is -0.403. The van der Waals surface area contributed by atoms with E-state index in [2.05, 4.69) is 10.4 Å². The number of benzene rings is 1. The molecule has 1 fully saturated rings. The smallest absolute Gasteiger partial charge is 0.408 e. The van der Waals surface area contributed by atoms with Gasteiger partial charge in [-0.25, -0.2) is 13.6 Å². The van der Waals surface area contributed by atoms with Crippen LogP contribution in [0.5, 0.6) is 0 Å². The van der Waals surface area contributed by atoms with Crippen molar-refractivity contribution < 1.29 is 18.7 Å². The van der Waals surface area contributed by atoms with Crippen molar-refractivity contribution in [1.29, 1.82) is 0 Å². The molecule has 0 bridgehead atoms. The Morgan fingerprint density at radius 1 is 1.36 bits per heavy atom. The number of hydrogen-bond acceptors (Lipinski definition) is 3. The second kappa shape index (κ2) is 7.25. The number of hydrazone groups is 1. The molecule has 2 atom stereocenters. The van der Waals surface area contributed by atoms with Crippen molar-refractivity contribution in [1.82, 2.24) is 10.2 Å². The predicted molar refractivity (Wildman–Crippen MR) is 91.4 cm³/mol. The van der Waals surface area contributed by atoms with Crippen LogP contribution in [0, 0.1) is 11.6 Å². The lowest BCUT2D eigenvalue weighted by molar-refractivity contribution is 0.0848. The van der Waals surface area contributed by atoms with Gasteiger partial charge in [-0.2, -0.15) is 5.10 Å². The SMILES string of the molecule is CC(C)(C)N(C(=O)O)[C@@H]1CC[C@@H](c2cccc(F)c2F)CNC1=NN. The molecule has 1 aliphatic heterocycles. The Morgan fingerprint density at radius 2 is 2.04 bits per heavy atom. The van der Waals surface area contributed by atoms with Crippen LogP contribution in [0.25, 0.3) is 0 Å². The highest BCUT2D eigenvalue weighted by atomic mass is 19.2. The van der Waals surface area contributed by atoms with Crippen LogP contribution in [0.3, 0.4) is 0 Å². The van der Waals surface area contributed by atoms with Crippen molar-refractivity contribution in [2.24, 2.45) is 10.9 Å². The third-order valence-corrected chi connectivity index (χ3v) is 4.43. The Kier molecular flexibility index (Phi) is 5.49. The maximum absolute atomic E-state index is 14.1. The van der Waals surface area contributed by atoms with Crippen LogP contribution < -0.4 is 11.2 Å². The van der Waals surface area contributed by atoms with Gasteiger partial charge in [0.25, 0.3) is 0 Å². The first-order valence-electron chi connectivity index (χ1n) is 8.14. The third-order valence-electron chi connectivity index (χ3n) is 4.43. The van der Waals surface area contributed by atoms with E-state index in [9.17, 15) is 18.7 Å². The van der Waals surface area contributed by atoms with E-state index < -0.39 is 29.3 Å². The summed E-state index contributed by atoms with van der Waals surface area (Å²) < 4.78 is 27.6. The van der Waals surface area contributed by atoms with E-state index in [1.54, 1.807) is 26.8 Å². The van der Waals surface area contributed by atoms with Gasteiger partial charge < -0.3 is 16.3 Å². The summed E-state index contributed by atoms with van der Waals surface area (Å²) in [5.74, 6) is 3.71. The molecule has 1 heterocycles. The summed E-state index contributed by atoms with van der Waals surface area (Å²) in [4.78, 5) is 13.0. The summed E-state index contributed by atoms with van der Waals surface area (Å²) in [6.45, 7) is 5.64. The second-order valence-electron chi connectivity index (χ2n) is 7.15. The van der Waals surface area contributed by atoms with Crippen LogP contribution in [0.15, 0.2) is 23.3 Å². The quantitative estimate of drug-likeness (QED) is 0.563. The van der Waals surface area contributed by atoms with E-state index in [-0.39, 0.29) is 11.5 Å².